The van der Waals surface area contributed by atoms with E-state index in [9.17, 15) is 18.0 Å². The number of halogens is 3. The van der Waals surface area contributed by atoms with Crippen LogP contribution >= 0.6 is 0 Å². The molecule has 0 saturated carbocycles. The van der Waals surface area contributed by atoms with Crippen LogP contribution < -0.4 is 15.4 Å². The maximum atomic E-state index is 13.7. The monoisotopic (exact) mass is 316 g/mol. The average Bonchev–Trinajstić information content (AvgIpc) is 2.97. The maximum absolute atomic E-state index is 13.7. The molecule has 1 heterocycles. The van der Waals surface area contributed by atoms with Crippen LogP contribution in [0.15, 0.2) is 18.2 Å². The van der Waals surface area contributed by atoms with Crippen molar-refractivity contribution in [3.05, 3.63) is 29.6 Å². The van der Waals surface area contributed by atoms with Crippen LogP contribution in [-0.4, -0.2) is 25.6 Å². The molecule has 1 atom stereocenters. The molecule has 0 radical (unpaired) electrons. The molecule has 0 bridgehead atoms. The van der Waals surface area contributed by atoms with E-state index in [0.717, 1.165) is 32.0 Å². The first-order valence-corrected chi connectivity index (χ1v) is 7.26. The zero-order chi connectivity index (χ0) is 15.9. The SMILES string of the molecule is O=C(CCC1CCNC1)NCc1c(F)cccc1OC(F)F. The molecule has 122 valence electrons. The Morgan fingerprint density at radius 1 is 1.45 bits per heavy atom. The minimum atomic E-state index is -3.04. The first kappa shape index (κ1) is 16.6. The highest BCUT2D eigenvalue weighted by Gasteiger charge is 2.17. The van der Waals surface area contributed by atoms with Crippen LogP contribution in [0.3, 0.4) is 0 Å². The van der Waals surface area contributed by atoms with E-state index < -0.39 is 12.4 Å². The summed E-state index contributed by atoms with van der Waals surface area (Å²) in [4.78, 5) is 11.8. The number of benzene rings is 1. The van der Waals surface area contributed by atoms with Gasteiger partial charge in [0.05, 0.1) is 0 Å². The van der Waals surface area contributed by atoms with Crippen molar-refractivity contribution in [3.63, 3.8) is 0 Å². The number of amides is 1. The van der Waals surface area contributed by atoms with E-state index in [1.54, 1.807) is 0 Å². The number of carbonyl (C=O) groups is 1. The average molecular weight is 316 g/mol. The van der Waals surface area contributed by atoms with Crippen LogP contribution in [0.5, 0.6) is 5.75 Å². The molecule has 1 amide bonds. The van der Waals surface area contributed by atoms with Crippen molar-refractivity contribution in [2.75, 3.05) is 13.1 Å². The molecule has 1 aliphatic heterocycles. The van der Waals surface area contributed by atoms with Gasteiger partial charge in [-0.25, -0.2) is 4.39 Å². The maximum Gasteiger partial charge on any atom is 0.387 e. The second kappa shape index (κ2) is 8.03. The summed E-state index contributed by atoms with van der Waals surface area (Å²) in [6.45, 7) is -1.33. The van der Waals surface area contributed by atoms with E-state index >= 15 is 0 Å². The van der Waals surface area contributed by atoms with Gasteiger partial charge in [-0.15, -0.1) is 0 Å². The fourth-order valence-corrected chi connectivity index (χ4v) is 2.49. The molecule has 1 unspecified atom stereocenters. The number of alkyl halides is 2. The number of carbonyl (C=O) groups excluding carboxylic acids is 1. The van der Waals surface area contributed by atoms with E-state index in [-0.39, 0.29) is 23.8 Å². The molecule has 2 N–H and O–H groups in total. The second-order valence-electron chi connectivity index (χ2n) is 5.27. The van der Waals surface area contributed by atoms with E-state index in [2.05, 4.69) is 15.4 Å². The summed E-state index contributed by atoms with van der Waals surface area (Å²) in [5.41, 5.74) is -0.0707. The zero-order valence-corrected chi connectivity index (χ0v) is 12.1. The van der Waals surface area contributed by atoms with Gasteiger partial charge in [0.2, 0.25) is 5.91 Å². The number of hydrogen-bond donors (Lipinski definition) is 2. The number of rotatable bonds is 7. The van der Waals surface area contributed by atoms with E-state index in [1.807, 2.05) is 0 Å². The number of ether oxygens (including phenoxy) is 1. The van der Waals surface area contributed by atoms with Crippen molar-refractivity contribution in [1.82, 2.24) is 10.6 Å². The highest BCUT2D eigenvalue weighted by Crippen LogP contribution is 2.23. The lowest BCUT2D eigenvalue weighted by atomic mass is 10.0. The van der Waals surface area contributed by atoms with Gasteiger partial charge in [-0.2, -0.15) is 8.78 Å². The van der Waals surface area contributed by atoms with Crippen LogP contribution in [-0.2, 0) is 11.3 Å². The van der Waals surface area contributed by atoms with E-state index in [1.165, 1.54) is 12.1 Å². The lowest BCUT2D eigenvalue weighted by molar-refractivity contribution is -0.121. The summed E-state index contributed by atoms with van der Waals surface area (Å²) in [5, 5.41) is 5.77. The molecule has 1 aliphatic rings. The van der Waals surface area contributed by atoms with Crippen molar-refractivity contribution in [3.8, 4) is 5.75 Å². The molecule has 7 heteroatoms. The lowest BCUT2D eigenvalue weighted by Gasteiger charge is -2.13. The Morgan fingerprint density at radius 3 is 2.95 bits per heavy atom. The largest absolute Gasteiger partial charge is 0.434 e. The lowest BCUT2D eigenvalue weighted by Crippen LogP contribution is -2.24. The Bertz CT molecular complexity index is 506. The Labute approximate surface area is 127 Å². The van der Waals surface area contributed by atoms with Crippen molar-refractivity contribution < 1.29 is 22.7 Å². The molecule has 0 spiro atoms. The van der Waals surface area contributed by atoms with Gasteiger partial charge < -0.3 is 15.4 Å². The Morgan fingerprint density at radius 2 is 2.27 bits per heavy atom. The zero-order valence-electron chi connectivity index (χ0n) is 12.1. The minimum absolute atomic E-state index is 0.0707. The highest BCUT2D eigenvalue weighted by molar-refractivity contribution is 5.75. The molecule has 1 fully saturated rings. The predicted octanol–water partition coefficient (Wildman–Crippen LogP) is 2.43. The molecule has 0 aliphatic carbocycles. The topological polar surface area (TPSA) is 50.4 Å². The summed E-state index contributed by atoms with van der Waals surface area (Å²) in [6.07, 6.45) is 2.15. The number of hydrogen-bond acceptors (Lipinski definition) is 3. The second-order valence-corrected chi connectivity index (χ2v) is 5.27. The Balaban J connectivity index is 1.85. The first-order valence-electron chi connectivity index (χ1n) is 7.26. The fraction of sp³-hybridized carbons (Fsp3) is 0.533. The van der Waals surface area contributed by atoms with Crippen LogP contribution in [0.4, 0.5) is 13.2 Å². The third-order valence-electron chi connectivity index (χ3n) is 3.70. The molecule has 2 rings (SSSR count). The normalized spacial score (nSPS) is 17.7. The Hall–Kier alpha value is -1.76. The number of nitrogens with one attached hydrogen (secondary N) is 2. The fourth-order valence-electron chi connectivity index (χ4n) is 2.49. The quantitative estimate of drug-likeness (QED) is 0.812. The molecule has 4 nitrogen and oxygen atoms in total. The van der Waals surface area contributed by atoms with Crippen LogP contribution in [0.1, 0.15) is 24.8 Å². The predicted molar refractivity (Wildman–Crippen MR) is 75.1 cm³/mol. The smallest absolute Gasteiger partial charge is 0.387 e. The van der Waals surface area contributed by atoms with E-state index in [4.69, 9.17) is 0 Å². The third-order valence-corrected chi connectivity index (χ3v) is 3.70. The molecule has 0 aromatic heterocycles. The summed E-state index contributed by atoms with van der Waals surface area (Å²) in [6, 6.07) is 3.68. The summed E-state index contributed by atoms with van der Waals surface area (Å²) >= 11 is 0. The molecular formula is C15H19F3N2O2. The van der Waals surface area contributed by atoms with E-state index in [0.29, 0.717) is 12.3 Å². The first-order chi connectivity index (χ1) is 10.6. The Kier molecular flexibility index (Phi) is 6.06. The third kappa shape index (κ3) is 4.91. The van der Waals surface area contributed by atoms with Crippen molar-refractivity contribution in [2.24, 2.45) is 5.92 Å². The van der Waals surface area contributed by atoms with Crippen molar-refractivity contribution >= 4 is 5.91 Å². The van der Waals surface area contributed by atoms with Crippen LogP contribution in [0.25, 0.3) is 0 Å². The van der Waals surface area contributed by atoms with Crippen molar-refractivity contribution in [2.45, 2.75) is 32.4 Å². The summed E-state index contributed by atoms with van der Waals surface area (Å²) < 4.78 is 42.5. The molecule has 1 aromatic rings. The minimum Gasteiger partial charge on any atom is -0.434 e. The van der Waals surface area contributed by atoms with Crippen LogP contribution in [0.2, 0.25) is 0 Å². The van der Waals surface area contributed by atoms with Gasteiger partial charge in [-0.05, 0) is 44.0 Å². The van der Waals surface area contributed by atoms with Gasteiger partial charge in [-0.3, -0.25) is 4.79 Å². The van der Waals surface area contributed by atoms with Gasteiger partial charge >= 0.3 is 6.61 Å². The standard InChI is InChI=1S/C15H19F3N2O2/c16-12-2-1-3-13(22-15(17)18)11(12)9-20-14(21)5-4-10-6-7-19-8-10/h1-3,10,15,19H,4-9H2,(H,20,21). The molecule has 1 saturated heterocycles. The van der Waals surface area contributed by atoms with Crippen molar-refractivity contribution in [1.29, 1.82) is 0 Å². The summed E-state index contributed by atoms with van der Waals surface area (Å²) in [7, 11) is 0. The van der Waals surface area contributed by atoms with Gasteiger partial charge in [0.15, 0.2) is 0 Å². The summed E-state index contributed by atoms with van der Waals surface area (Å²) in [5.74, 6) is -0.677. The van der Waals surface area contributed by atoms with Crippen LogP contribution in [0, 0.1) is 11.7 Å². The van der Waals surface area contributed by atoms with Gasteiger partial charge in [-0.1, -0.05) is 6.07 Å². The highest BCUT2D eigenvalue weighted by atomic mass is 19.3. The van der Waals surface area contributed by atoms with Gasteiger partial charge in [0.1, 0.15) is 11.6 Å². The van der Waals surface area contributed by atoms with Gasteiger partial charge in [0, 0.05) is 18.5 Å². The molecule has 22 heavy (non-hydrogen) atoms. The molecule has 1 aromatic carbocycles. The van der Waals surface area contributed by atoms with Gasteiger partial charge in [0.25, 0.3) is 0 Å². The molecular weight excluding hydrogens is 297 g/mol.